The molecule has 0 bridgehead atoms. The van der Waals surface area contributed by atoms with Crippen molar-refractivity contribution in [3.05, 3.63) is 69.9 Å². The van der Waals surface area contributed by atoms with E-state index >= 15 is 0 Å². The lowest BCUT2D eigenvalue weighted by Crippen LogP contribution is -2.25. The van der Waals surface area contributed by atoms with E-state index in [2.05, 4.69) is 20.8 Å². The number of aromatic nitrogens is 3. The maximum atomic E-state index is 13.5. The van der Waals surface area contributed by atoms with Gasteiger partial charge in [-0.3, -0.25) is 14.2 Å². The van der Waals surface area contributed by atoms with Crippen molar-refractivity contribution in [3.8, 4) is 22.9 Å². The first kappa shape index (κ1) is 32.8. The summed E-state index contributed by atoms with van der Waals surface area (Å²) < 4.78 is 23.3. The molecule has 0 spiro atoms. The quantitative estimate of drug-likeness (QED) is 0.147. The zero-order valence-corrected chi connectivity index (χ0v) is 27.8. The van der Waals surface area contributed by atoms with Gasteiger partial charge in [0.15, 0.2) is 22.5 Å². The summed E-state index contributed by atoms with van der Waals surface area (Å²) in [5.74, 6) is 0.850. The number of ether oxygens (including phenoxy) is 4. The van der Waals surface area contributed by atoms with Gasteiger partial charge in [0, 0.05) is 10.4 Å². The van der Waals surface area contributed by atoms with Gasteiger partial charge in [-0.25, -0.2) is 4.79 Å². The highest BCUT2D eigenvalue weighted by atomic mass is 32.2. The van der Waals surface area contributed by atoms with Crippen LogP contribution in [0.4, 0.5) is 5.00 Å². The summed E-state index contributed by atoms with van der Waals surface area (Å²) in [6.45, 7) is 3.79. The van der Waals surface area contributed by atoms with Gasteiger partial charge in [-0.1, -0.05) is 23.9 Å². The Morgan fingerprint density at radius 1 is 1.00 bits per heavy atom. The Labute approximate surface area is 274 Å². The lowest BCUT2D eigenvalue weighted by molar-refractivity contribution is -0.115. The molecule has 1 aliphatic rings. The Morgan fingerprint density at radius 2 is 1.76 bits per heavy atom. The zero-order chi connectivity index (χ0) is 32.8. The van der Waals surface area contributed by atoms with E-state index in [1.54, 1.807) is 49.8 Å². The van der Waals surface area contributed by atoms with E-state index in [1.165, 1.54) is 37.3 Å². The Hall–Kier alpha value is -4.56. The van der Waals surface area contributed by atoms with Crippen molar-refractivity contribution in [1.82, 2.24) is 20.1 Å². The summed E-state index contributed by atoms with van der Waals surface area (Å²) >= 11 is 2.62. The van der Waals surface area contributed by atoms with E-state index in [1.807, 2.05) is 18.2 Å². The van der Waals surface area contributed by atoms with Crippen LogP contribution in [0.3, 0.4) is 0 Å². The van der Waals surface area contributed by atoms with E-state index in [0.29, 0.717) is 50.0 Å². The number of nitrogens with zero attached hydrogens (tertiary/aromatic N) is 3. The predicted molar refractivity (Wildman–Crippen MR) is 175 cm³/mol. The van der Waals surface area contributed by atoms with Crippen LogP contribution in [0.2, 0.25) is 0 Å². The molecule has 2 amide bonds. The third-order valence-electron chi connectivity index (χ3n) is 7.37. The number of benzene rings is 2. The molecule has 0 fully saturated rings. The van der Waals surface area contributed by atoms with Crippen LogP contribution in [0.1, 0.15) is 57.2 Å². The van der Waals surface area contributed by atoms with Crippen LogP contribution >= 0.6 is 23.1 Å². The van der Waals surface area contributed by atoms with Crippen molar-refractivity contribution < 1.29 is 33.3 Å². The number of fused-ring (bicyclic) bond motifs is 1. The van der Waals surface area contributed by atoms with E-state index in [0.717, 1.165) is 29.7 Å². The normalized spacial score (nSPS) is 12.6. The molecule has 4 aromatic rings. The summed E-state index contributed by atoms with van der Waals surface area (Å²) in [6.07, 6.45) is 2.64. The Bertz CT molecular complexity index is 1750. The van der Waals surface area contributed by atoms with Crippen LogP contribution in [0.15, 0.2) is 47.6 Å². The van der Waals surface area contributed by atoms with Crippen molar-refractivity contribution in [2.75, 3.05) is 33.3 Å². The molecular formula is C32H35N5O7S2. The molecule has 0 aliphatic heterocycles. The first-order valence-electron chi connectivity index (χ1n) is 14.7. The average molecular weight is 666 g/mol. The van der Waals surface area contributed by atoms with Crippen LogP contribution in [0, 0.1) is 0 Å². The highest BCUT2D eigenvalue weighted by Gasteiger charge is 2.30. The van der Waals surface area contributed by atoms with Gasteiger partial charge >= 0.3 is 5.97 Å². The number of thioether (sulfide) groups is 1. The highest BCUT2D eigenvalue weighted by Crippen LogP contribution is 2.40. The van der Waals surface area contributed by atoms with Crippen molar-refractivity contribution in [3.63, 3.8) is 0 Å². The molecule has 0 saturated heterocycles. The number of aryl methyl sites for hydroxylation is 1. The molecule has 12 nitrogen and oxygen atoms in total. The van der Waals surface area contributed by atoms with Crippen molar-refractivity contribution >= 4 is 45.9 Å². The molecular weight excluding hydrogens is 631 g/mol. The van der Waals surface area contributed by atoms with Crippen molar-refractivity contribution in [2.45, 2.75) is 50.1 Å². The second kappa shape index (κ2) is 14.7. The summed E-state index contributed by atoms with van der Waals surface area (Å²) in [4.78, 5) is 40.5. The summed E-state index contributed by atoms with van der Waals surface area (Å²) in [6, 6.07) is 12.2. The Morgan fingerprint density at radius 3 is 2.50 bits per heavy atom. The summed E-state index contributed by atoms with van der Waals surface area (Å²) in [5, 5.41) is 14.9. The van der Waals surface area contributed by atoms with E-state index in [9.17, 15) is 14.4 Å². The molecule has 2 heterocycles. The highest BCUT2D eigenvalue weighted by molar-refractivity contribution is 8.00. The zero-order valence-electron chi connectivity index (χ0n) is 26.2. The molecule has 14 heteroatoms. The van der Waals surface area contributed by atoms with Crippen LogP contribution < -0.4 is 24.8 Å². The predicted octanol–water partition coefficient (Wildman–Crippen LogP) is 5.07. The average Bonchev–Trinajstić information content (AvgIpc) is 3.78. The molecule has 0 radical (unpaired) electrons. The van der Waals surface area contributed by atoms with E-state index in [-0.39, 0.29) is 25.0 Å². The van der Waals surface area contributed by atoms with Crippen molar-refractivity contribution in [2.24, 2.45) is 0 Å². The first-order valence-corrected chi connectivity index (χ1v) is 16.4. The Kier molecular flexibility index (Phi) is 10.5. The summed E-state index contributed by atoms with van der Waals surface area (Å²) in [5.41, 5.74) is 2.44. The minimum absolute atomic E-state index is 0.0308. The molecule has 2 aromatic heterocycles. The number of carbonyl (C=O) groups is 3. The second-order valence-corrected chi connectivity index (χ2v) is 12.6. The first-order chi connectivity index (χ1) is 22.3. The number of carbonyl (C=O) groups excluding carboxylic acids is 3. The van der Waals surface area contributed by atoms with Crippen molar-refractivity contribution in [1.29, 1.82) is 0 Å². The third-order valence-corrected chi connectivity index (χ3v) is 9.62. The lowest BCUT2D eigenvalue weighted by Gasteiger charge is -2.16. The minimum Gasteiger partial charge on any atom is -0.495 e. The van der Waals surface area contributed by atoms with Gasteiger partial charge in [-0.2, -0.15) is 0 Å². The largest absolute Gasteiger partial charge is 0.495 e. The standard InChI is InChI=1S/C32H35N5O7S2/c1-6-44-31(40)27-20-10-9-13-25(20)46-30(27)34-28(38)18(2)45-32-36-35-26(37(32)21-11-7-8-12-22(21)41-3)17-33-29(39)19-14-15-23(42-4)24(16-19)43-5/h7-8,11-12,14-16,18H,6,9-10,13,17H2,1-5H3,(H,33,39)(H,34,38)/t18-/m0/s1. The number of hydrogen-bond donors (Lipinski definition) is 2. The third kappa shape index (κ3) is 6.82. The fourth-order valence-corrected chi connectivity index (χ4v) is 7.28. The molecule has 5 rings (SSSR count). The molecule has 46 heavy (non-hydrogen) atoms. The lowest BCUT2D eigenvalue weighted by atomic mass is 10.1. The number of nitrogens with one attached hydrogen (secondary N) is 2. The van der Waals surface area contributed by atoms with Crippen LogP contribution in [0.25, 0.3) is 5.69 Å². The van der Waals surface area contributed by atoms with Gasteiger partial charge < -0.3 is 29.6 Å². The number of hydrogen-bond acceptors (Lipinski definition) is 11. The number of methoxy groups -OCH3 is 3. The molecule has 0 unspecified atom stereocenters. The van der Waals surface area contributed by atoms with E-state index < -0.39 is 11.2 Å². The number of anilines is 1. The number of para-hydroxylation sites is 2. The molecule has 0 saturated carbocycles. The van der Waals surface area contributed by atoms with Gasteiger partial charge in [0.05, 0.1) is 51.0 Å². The molecule has 242 valence electrons. The molecule has 2 N–H and O–H groups in total. The van der Waals surface area contributed by atoms with Gasteiger partial charge in [0.1, 0.15) is 10.8 Å². The maximum absolute atomic E-state index is 13.5. The summed E-state index contributed by atoms with van der Waals surface area (Å²) in [7, 11) is 4.59. The number of amides is 2. The second-order valence-electron chi connectivity index (χ2n) is 10.2. The van der Waals surface area contributed by atoms with Crippen LogP contribution in [-0.2, 0) is 28.9 Å². The van der Waals surface area contributed by atoms with Crippen LogP contribution in [0.5, 0.6) is 17.2 Å². The van der Waals surface area contributed by atoms with Crippen LogP contribution in [-0.4, -0.2) is 65.7 Å². The number of esters is 1. The number of thiophene rings is 1. The molecule has 1 aliphatic carbocycles. The number of rotatable bonds is 13. The fraction of sp³-hybridized carbons (Fsp3) is 0.344. The van der Waals surface area contributed by atoms with Gasteiger partial charge in [0.25, 0.3) is 5.91 Å². The topological polar surface area (TPSA) is 143 Å². The smallest absolute Gasteiger partial charge is 0.341 e. The SMILES string of the molecule is CCOC(=O)c1c(NC(=O)[C@H](C)Sc2nnc(CNC(=O)c3ccc(OC)c(OC)c3)n2-c2ccccc2OC)sc2c1CCC2. The minimum atomic E-state index is -0.626. The maximum Gasteiger partial charge on any atom is 0.341 e. The van der Waals surface area contributed by atoms with Gasteiger partial charge in [-0.05, 0) is 69.0 Å². The van der Waals surface area contributed by atoms with Gasteiger partial charge in [-0.15, -0.1) is 21.5 Å². The fourth-order valence-electron chi connectivity index (χ4n) is 5.12. The molecule has 2 aromatic carbocycles. The van der Waals surface area contributed by atoms with Gasteiger partial charge in [0.2, 0.25) is 5.91 Å². The Balaban J connectivity index is 1.38. The molecule has 1 atom stereocenters. The monoisotopic (exact) mass is 665 g/mol. The van der Waals surface area contributed by atoms with E-state index in [4.69, 9.17) is 18.9 Å².